The number of nitrogens with one attached hydrogen (secondary N) is 1. The Labute approximate surface area is 150 Å². The third kappa shape index (κ3) is 3.14. The van der Waals surface area contributed by atoms with E-state index in [2.05, 4.69) is 20.8 Å². The van der Waals surface area contributed by atoms with Gasteiger partial charge in [-0.2, -0.15) is 0 Å². The van der Waals surface area contributed by atoms with E-state index in [1.807, 2.05) is 41.8 Å². The molecule has 0 atom stereocenters. The maximum Gasteiger partial charge on any atom is 0.255 e. The zero-order chi connectivity index (χ0) is 17.2. The molecule has 1 aliphatic heterocycles. The molecule has 0 fully saturated rings. The highest BCUT2D eigenvalue weighted by Gasteiger charge is 2.22. The predicted molar refractivity (Wildman–Crippen MR) is 100 cm³/mol. The molecule has 5 heteroatoms. The summed E-state index contributed by atoms with van der Waals surface area (Å²) in [4.78, 5) is 23.4. The third-order valence-electron chi connectivity index (χ3n) is 4.47. The topological polar surface area (TPSA) is 49.0 Å². The molecule has 0 radical (unpaired) electrons. The Morgan fingerprint density at radius 3 is 2.96 bits per heavy atom. The number of aromatic nitrogens is 2. The van der Waals surface area contributed by atoms with Gasteiger partial charge >= 0.3 is 0 Å². The minimum Gasteiger partial charge on any atom is -0.306 e. The van der Waals surface area contributed by atoms with Gasteiger partial charge in [0, 0.05) is 31.6 Å². The second-order valence-corrected chi connectivity index (χ2v) is 7.03. The van der Waals surface area contributed by atoms with Gasteiger partial charge in [-0.3, -0.25) is 9.69 Å². The number of terminal acetylenes is 1. The number of benzene rings is 1. The zero-order valence-electron chi connectivity index (χ0n) is 13.7. The van der Waals surface area contributed by atoms with Crippen molar-refractivity contribution < 1.29 is 0 Å². The summed E-state index contributed by atoms with van der Waals surface area (Å²) in [5, 5.41) is 1.99. The molecule has 4 rings (SSSR count). The molecule has 0 saturated carbocycles. The quantitative estimate of drug-likeness (QED) is 0.741. The van der Waals surface area contributed by atoms with Crippen LogP contribution in [0.1, 0.15) is 22.4 Å². The van der Waals surface area contributed by atoms with Crippen LogP contribution >= 0.6 is 11.3 Å². The summed E-state index contributed by atoms with van der Waals surface area (Å²) in [6.45, 7) is 2.21. The highest BCUT2D eigenvalue weighted by molar-refractivity contribution is 7.13. The molecule has 3 heterocycles. The largest absolute Gasteiger partial charge is 0.306 e. The molecule has 1 aliphatic rings. The third-order valence-corrected chi connectivity index (χ3v) is 5.35. The maximum atomic E-state index is 12.6. The van der Waals surface area contributed by atoms with Gasteiger partial charge in [0.1, 0.15) is 0 Å². The summed E-state index contributed by atoms with van der Waals surface area (Å²) in [5.41, 5.74) is 3.67. The van der Waals surface area contributed by atoms with Gasteiger partial charge in [0.15, 0.2) is 5.82 Å². The van der Waals surface area contributed by atoms with Crippen LogP contribution in [0.25, 0.3) is 10.7 Å². The molecule has 0 aliphatic carbocycles. The molecule has 0 spiro atoms. The van der Waals surface area contributed by atoms with Crippen LogP contribution in [0.15, 0.2) is 46.6 Å². The Hall–Kier alpha value is -2.68. The fourth-order valence-electron chi connectivity index (χ4n) is 3.19. The first-order chi connectivity index (χ1) is 12.2. The molecule has 0 bridgehead atoms. The summed E-state index contributed by atoms with van der Waals surface area (Å²) in [6, 6.07) is 11.9. The van der Waals surface area contributed by atoms with Crippen LogP contribution in [-0.2, 0) is 19.5 Å². The number of thiophene rings is 1. The van der Waals surface area contributed by atoms with Crippen molar-refractivity contribution in [3.8, 4) is 23.0 Å². The molecule has 0 saturated heterocycles. The van der Waals surface area contributed by atoms with E-state index >= 15 is 0 Å². The minimum atomic E-state index is -0.0386. The maximum absolute atomic E-state index is 12.6. The summed E-state index contributed by atoms with van der Waals surface area (Å²) >= 11 is 1.58. The van der Waals surface area contributed by atoms with Crippen molar-refractivity contribution in [2.24, 2.45) is 0 Å². The molecule has 0 amide bonds. The van der Waals surface area contributed by atoms with E-state index in [4.69, 9.17) is 6.42 Å². The molecule has 0 unspecified atom stereocenters. The number of hydrogen-bond donors (Lipinski definition) is 1. The van der Waals surface area contributed by atoms with E-state index in [9.17, 15) is 4.79 Å². The van der Waals surface area contributed by atoms with Crippen LogP contribution in [0.3, 0.4) is 0 Å². The van der Waals surface area contributed by atoms with Gasteiger partial charge in [-0.05, 0) is 23.1 Å². The Balaban J connectivity index is 1.60. The molecule has 3 aromatic rings. The molecule has 2 aromatic heterocycles. The van der Waals surface area contributed by atoms with Crippen LogP contribution in [0.2, 0.25) is 0 Å². The van der Waals surface area contributed by atoms with E-state index in [1.54, 1.807) is 11.3 Å². The fourth-order valence-corrected chi connectivity index (χ4v) is 3.85. The number of hydrogen-bond acceptors (Lipinski definition) is 4. The van der Waals surface area contributed by atoms with E-state index < -0.39 is 0 Å². The van der Waals surface area contributed by atoms with E-state index in [0.717, 1.165) is 46.8 Å². The Morgan fingerprint density at radius 2 is 2.16 bits per heavy atom. The van der Waals surface area contributed by atoms with Crippen LogP contribution in [0.5, 0.6) is 0 Å². The standard InChI is InChI=1S/C20H17N3OS/c1-2-14-6-3-4-7-15(14)12-23-10-9-17-16(13-23)20(24)22-19(21-17)18-8-5-11-25-18/h1,3-8,11H,9-10,12-13H2,(H,21,22,24). The summed E-state index contributed by atoms with van der Waals surface area (Å²) in [6.07, 6.45) is 6.36. The summed E-state index contributed by atoms with van der Waals surface area (Å²) < 4.78 is 0. The Bertz CT molecular complexity index is 999. The van der Waals surface area contributed by atoms with Gasteiger partial charge in [0.2, 0.25) is 0 Å². The van der Waals surface area contributed by atoms with Crippen molar-refractivity contribution in [2.45, 2.75) is 19.5 Å². The second kappa shape index (κ2) is 6.67. The predicted octanol–water partition coefficient (Wildman–Crippen LogP) is 3.04. The molecule has 124 valence electrons. The van der Waals surface area contributed by atoms with Gasteiger partial charge < -0.3 is 4.98 Å². The SMILES string of the molecule is C#Cc1ccccc1CN1CCc2nc(-c3cccs3)[nH]c(=O)c2C1. The van der Waals surface area contributed by atoms with Crippen LogP contribution in [0.4, 0.5) is 0 Å². The molecule has 1 N–H and O–H groups in total. The van der Waals surface area contributed by atoms with Crippen molar-refractivity contribution in [1.82, 2.24) is 14.9 Å². The van der Waals surface area contributed by atoms with Gasteiger partial charge in [0.25, 0.3) is 5.56 Å². The first kappa shape index (κ1) is 15.8. The zero-order valence-corrected chi connectivity index (χ0v) is 14.5. The van der Waals surface area contributed by atoms with Gasteiger partial charge in [-0.15, -0.1) is 17.8 Å². The number of rotatable bonds is 3. The highest BCUT2D eigenvalue weighted by Crippen LogP contribution is 2.23. The summed E-state index contributed by atoms with van der Waals surface area (Å²) in [5.74, 6) is 3.40. The normalized spacial score (nSPS) is 14.0. The Kier molecular flexibility index (Phi) is 4.22. The lowest BCUT2D eigenvalue weighted by Gasteiger charge is -2.28. The number of H-pyrrole nitrogens is 1. The van der Waals surface area contributed by atoms with Crippen molar-refractivity contribution in [1.29, 1.82) is 0 Å². The van der Waals surface area contributed by atoms with E-state index in [-0.39, 0.29) is 5.56 Å². The van der Waals surface area contributed by atoms with Crippen molar-refractivity contribution in [2.75, 3.05) is 6.54 Å². The molecular formula is C20H17N3OS. The van der Waals surface area contributed by atoms with Gasteiger partial charge in [0.05, 0.1) is 16.1 Å². The van der Waals surface area contributed by atoms with Crippen LogP contribution in [0, 0.1) is 12.3 Å². The van der Waals surface area contributed by atoms with Gasteiger partial charge in [-0.1, -0.05) is 30.2 Å². The number of fused-ring (bicyclic) bond motifs is 1. The molecule has 4 nitrogen and oxygen atoms in total. The molecular weight excluding hydrogens is 330 g/mol. The van der Waals surface area contributed by atoms with Crippen molar-refractivity contribution in [3.63, 3.8) is 0 Å². The molecule has 25 heavy (non-hydrogen) atoms. The minimum absolute atomic E-state index is 0.0386. The number of nitrogens with zero attached hydrogens (tertiary/aromatic N) is 2. The highest BCUT2D eigenvalue weighted by atomic mass is 32.1. The average Bonchev–Trinajstić information content (AvgIpc) is 3.17. The lowest BCUT2D eigenvalue weighted by atomic mass is 10.0. The second-order valence-electron chi connectivity index (χ2n) is 6.08. The summed E-state index contributed by atoms with van der Waals surface area (Å²) in [7, 11) is 0. The van der Waals surface area contributed by atoms with E-state index in [0.29, 0.717) is 12.4 Å². The van der Waals surface area contributed by atoms with E-state index in [1.165, 1.54) is 0 Å². The average molecular weight is 347 g/mol. The lowest BCUT2D eigenvalue weighted by molar-refractivity contribution is 0.241. The number of aromatic amines is 1. The molecule has 1 aromatic carbocycles. The van der Waals surface area contributed by atoms with Crippen molar-refractivity contribution >= 4 is 11.3 Å². The first-order valence-electron chi connectivity index (χ1n) is 8.17. The Morgan fingerprint density at radius 1 is 1.28 bits per heavy atom. The van der Waals surface area contributed by atoms with Crippen molar-refractivity contribution in [3.05, 3.63) is 74.5 Å². The first-order valence-corrected chi connectivity index (χ1v) is 9.05. The monoisotopic (exact) mass is 347 g/mol. The van der Waals surface area contributed by atoms with Crippen LogP contribution < -0.4 is 5.56 Å². The van der Waals surface area contributed by atoms with Crippen LogP contribution in [-0.4, -0.2) is 21.4 Å². The lowest BCUT2D eigenvalue weighted by Crippen LogP contribution is -2.35. The fraction of sp³-hybridized carbons (Fsp3) is 0.200. The smallest absolute Gasteiger partial charge is 0.255 e. The van der Waals surface area contributed by atoms with Gasteiger partial charge in [-0.25, -0.2) is 4.98 Å².